The minimum absolute atomic E-state index is 0.231. The molecule has 0 atom stereocenters. The third kappa shape index (κ3) is 4.45. The van der Waals surface area contributed by atoms with Gasteiger partial charge in [0.1, 0.15) is 30.3 Å². The van der Waals surface area contributed by atoms with E-state index in [4.69, 9.17) is 4.74 Å². The second-order valence-corrected chi connectivity index (χ2v) is 7.68. The Morgan fingerprint density at radius 1 is 0.879 bits per heavy atom. The van der Waals surface area contributed by atoms with Crippen LogP contribution in [-0.2, 0) is 6.61 Å². The van der Waals surface area contributed by atoms with Gasteiger partial charge < -0.3 is 15.2 Å². The first-order valence-electron chi connectivity index (χ1n) is 10.6. The van der Waals surface area contributed by atoms with Gasteiger partial charge in [-0.15, -0.1) is 0 Å². The molecule has 0 radical (unpaired) electrons. The Kier molecular flexibility index (Phi) is 5.55. The molecule has 2 N–H and O–H groups in total. The number of aromatic nitrogens is 3. The van der Waals surface area contributed by atoms with Crippen LogP contribution in [0.3, 0.4) is 0 Å². The lowest BCUT2D eigenvalue weighted by molar-refractivity contribution is 0.299. The predicted molar refractivity (Wildman–Crippen MR) is 130 cm³/mol. The van der Waals surface area contributed by atoms with E-state index in [0.29, 0.717) is 12.4 Å². The van der Waals surface area contributed by atoms with Crippen LogP contribution in [0.4, 0.5) is 11.5 Å². The van der Waals surface area contributed by atoms with Crippen LogP contribution in [0.15, 0.2) is 91.4 Å². The monoisotopic (exact) mass is 434 g/mol. The standard InChI is InChI=1S/C27H22N4O2/c1-18-15-20(10-13-25(18)33-16-21-5-2-3-14-28-21)31-27-26-23(19-8-11-22(32)12-9-19)6-4-7-24(26)29-17-30-27/h2-15,17,32H,16H2,1H3,(H,29,30,31). The highest BCUT2D eigenvalue weighted by Gasteiger charge is 2.12. The van der Waals surface area contributed by atoms with E-state index in [9.17, 15) is 5.11 Å². The highest BCUT2D eigenvalue weighted by Crippen LogP contribution is 2.34. The summed E-state index contributed by atoms with van der Waals surface area (Å²) in [5.74, 6) is 1.75. The van der Waals surface area contributed by atoms with Crippen molar-refractivity contribution in [1.29, 1.82) is 0 Å². The number of fused-ring (bicyclic) bond motifs is 1. The van der Waals surface area contributed by atoms with Crippen LogP contribution in [0.1, 0.15) is 11.3 Å². The van der Waals surface area contributed by atoms with Crippen molar-refractivity contribution >= 4 is 22.4 Å². The predicted octanol–water partition coefficient (Wildman–Crippen LogP) is 6.03. The van der Waals surface area contributed by atoms with Gasteiger partial charge in [-0.25, -0.2) is 9.97 Å². The summed E-state index contributed by atoms with van der Waals surface area (Å²) in [4.78, 5) is 13.3. The van der Waals surface area contributed by atoms with E-state index >= 15 is 0 Å². The Morgan fingerprint density at radius 2 is 1.76 bits per heavy atom. The second kappa shape index (κ2) is 8.96. The molecule has 6 nitrogen and oxygen atoms in total. The maximum absolute atomic E-state index is 9.67. The maximum Gasteiger partial charge on any atom is 0.142 e. The van der Waals surface area contributed by atoms with Gasteiger partial charge in [0.05, 0.1) is 16.6 Å². The van der Waals surface area contributed by atoms with Gasteiger partial charge in [0, 0.05) is 11.9 Å². The lowest BCUT2D eigenvalue weighted by Gasteiger charge is -2.14. The molecule has 0 saturated carbocycles. The lowest BCUT2D eigenvalue weighted by atomic mass is 10.0. The largest absolute Gasteiger partial charge is 0.508 e. The van der Waals surface area contributed by atoms with E-state index < -0.39 is 0 Å². The fraction of sp³-hybridized carbons (Fsp3) is 0.0741. The van der Waals surface area contributed by atoms with E-state index in [2.05, 4.69) is 20.3 Å². The molecule has 0 bridgehead atoms. The normalized spacial score (nSPS) is 10.8. The molecule has 2 aromatic heterocycles. The van der Waals surface area contributed by atoms with Gasteiger partial charge >= 0.3 is 0 Å². The van der Waals surface area contributed by atoms with Crippen molar-refractivity contribution in [2.45, 2.75) is 13.5 Å². The molecule has 33 heavy (non-hydrogen) atoms. The van der Waals surface area contributed by atoms with E-state index in [0.717, 1.165) is 44.7 Å². The molecule has 162 valence electrons. The Bertz CT molecular complexity index is 1400. The molecular weight excluding hydrogens is 412 g/mol. The van der Waals surface area contributed by atoms with Gasteiger partial charge in [-0.05, 0) is 72.1 Å². The van der Waals surface area contributed by atoms with Crippen LogP contribution in [0, 0.1) is 6.92 Å². The maximum atomic E-state index is 9.67. The van der Waals surface area contributed by atoms with Crippen molar-refractivity contribution in [3.05, 3.63) is 103 Å². The average Bonchev–Trinajstić information content (AvgIpc) is 2.84. The molecule has 0 unspecified atom stereocenters. The summed E-state index contributed by atoms with van der Waals surface area (Å²) in [5, 5.41) is 14.0. The lowest BCUT2D eigenvalue weighted by Crippen LogP contribution is -2.00. The topological polar surface area (TPSA) is 80.2 Å². The fourth-order valence-corrected chi connectivity index (χ4v) is 3.75. The van der Waals surface area contributed by atoms with Gasteiger partial charge in [0.15, 0.2) is 0 Å². The number of phenols is 1. The molecule has 5 rings (SSSR count). The first kappa shape index (κ1) is 20.5. The Labute approximate surface area is 191 Å². The van der Waals surface area contributed by atoms with Crippen molar-refractivity contribution in [3.8, 4) is 22.6 Å². The third-order valence-electron chi connectivity index (χ3n) is 5.38. The van der Waals surface area contributed by atoms with E-state index in [-0.39, 0.29) is 5.75 Å². The molecule has 0 aliphatic rings. The molecule has 0 fully saturated rings. The van der Waals surface area contributed by atoms with Crippen LogP contribution >= 0.6 is 0 Å². The van der Waals surface area contributed by atoms with Crippen LogP contribution in [0.25, 0.3) is 22.0 Å². The summed E-state index contributed by atoms with van der Waals surface area (Å²) < 4.78 is 5.95. The van der Waals surface area contributed by atoms with Crippen LogP contribution in [-0.4, -0.2) is 20.1 Å². The van der Waals surface area contributed by atoms with Gasteiger partial charge in [-0.3, -0.25) is 4.98 Å². The van der Waals surface area contributed by atoms with Gasteiger partial charge in [0.25, 0.3) is 0 Å². The number of benzene rings is 3. The number of ether oxygens (including phenoxy) is 1. The smallest absolute Gasteiger partial charge is 0.142 e. The van der Waals surface area contributed by atoms with E-state index in [1.807, 2.05) is 73.7 Å². The van der Waals surface area contributed by atoms with E-state index in [1.54, 1.807) is 24.7 Å². The molecular formula is C27H22N4O2. The summed E-state index contributed by atoms with van der Waals surface area (Å²) in [6, 6.07) is 24.8. The van der Waals surface area contributed by atoms with Crippen molar-refractivity contribution in [1.82, 2.24) is 15.0 Å². The zero-order valence-corrected chi connectivity index (χ0v) is 18.1. The highest BCUT2D eigenvalue weighted by molar-refractivity contribution is 6.02. The quantitative estimate of drug-likeness (QED) is 0.340. The number of anilines is 2. The van der Waals surface area contributed by atoms with Crippen LogP contribution < -0.4 is 10.1 Å². The number of rotatable bonds is 6. The van der Waals surface area contributed by atoms with Gasteiger partial charge in [-0.2, -0.15) is 0 Å². The number of nitrogens with zero attached hydrogens (tertiary/aromatic N) is 3. The number of nitrogens with one attached hydrogen (secondary N) is 1. The average molecular weight is 434 g/mol. The number of hydrogen-bond donors (Lipinski definition) is 2. The van der Waals surface area contributed by atoms with Crippen molar-refractivity contribution in [2.75, 3.05) is 5.32 Å². The molecule has 0 amide bonds. The fourth-order valence-electron chi connectivity index (χ4n) is 3.75. The minimum Gasteiger partial charge on any atom is -0.508 e. The zero-order chi connectivity index (χ0) is 22.6. The summed E-state index contributed by atoms with van der Waals surface area (Å²) in [6.45, 7) is 2.43. The second-order valence-electron chi connectivity index (χ2n) is 7.68. The molecule has 0 spiro atoms. The number of aromatic hydroxyl groups is 1. The van der Waals surface area contributed by atoms with Gasteiger partial charge in [0.2, 0.25) is 0 Å². The van der Waals surface area contributed by atoms with Gasteiger partial charge in [-0.1, -0.05) is 30.3 Å². The minimum atomic E-state index is 0.231. The molecule has 5 aromatic rings. The molecule has 0 aliphatic heterocycles. The summed E-state index contributed by atoms with van der Waals surface area (Å²) in [5.41, 5.74) is 5.60. The number of pyridine rings is 1. The first-order valence-corrected chi connectivity index (χ1v) is 10.6. The highest BCUT2D eigenvalue weighted by atomic mass is 16.5. The number of phenolic OH excluding ortho intramolecular Hbond substituents is 1. The number of hydrogen-bond acceptors (Lipinski definition) is 6. The first-order chi connectivity index (χ1) is 16.2. The zero-order valence-electron chi connectivity index (χ0n) is 18.1. The van der Waals surface area contributed by atoms with Crippen molar-refractivity contribution in [3.63, 3.8) is 0 Å². The molecule has 0 saturated heterocycles. The molecule has 0 aliphatic carbocycles. The SMILES string of the molecule is Cc1cc(Nc2ncnc3cccc(-c4ccc(O)cc4)c23)ccc1OCc1ccccn1. The van der Waals surface area contributed by atoms with E-state index in [1.165, 1.54) is 0 Å². The number of aryl methyl sites for hydroxylation is 1. The Balaban J connectivity index is 1.44. The Morgan fingerprint density at radius 3 is 2.55 bits per heavy atom. The third-order valence-corrected chi connectivity index (χ3v) is 5.38. The van der Waals surface area contributed by atoms with Crippen LogP contribution in [0.2, 0.25) is 0 Å². The van der Waals surface area contributed by atoms with Crippen LogP contribution in [0.5, 0.6) is 11.5 Å². The molecule has 3 aromatic carbocycles. The Hall–Kier alpha value is -4.45. The molecule has 6 heteroatoms. The summed E-state index contributed by atoms with van der Waals surface area (Å²) in [7, 11) is 0. The van der Waals surface area contributed by atoms with Crippen molar-refractivity contribution < 1.29 is 9.84 Å². The summed E-state index contributed by atoms with van der Waals surface area (Å²) in [6.07, 6.45) is 3.32. The summed E-state index contributed by atoms with van der Waals surface area (Å²) >= 11 is 0. The molecule has 2 heterocycles. The van der Waals surface area contributed by atoms with Crippen molar-refractivity contribution in [2.24, 2.45) is 0 Å².